The molecule has 2 atom stereocenters. The van der Waals surface area contributed by atoms with Crippen LogP contribution in [-0.2, 0) is 4.74 Å². The fraction of sp³-hybridized carbons (Fsp3) is 1.00. The first-order valence-electron chi connectivity index (χ1n) is 6.33. The average molecular weight is 214 g/mol. The van der Waals surface area contributed by atoms with Gasteiger partial charge in [-0.2, -0.15) is 0 Å². The van der Waals surface area contributed by atoms with Gasteiger partial charge in [-0.25, -0.2) is 0 Å². The molecule has 1 aliphatic heterocycles. The third kappa shape index (κ3) is 4.49. The van der Waals surface area contributed by atoms with Gasteiger partial charge in [-0.15, -0.1) is 0 Å². The van der Waals surface area contributed by atoms with Crippen LogP contribution in [0.4, 0.5) is 0 Å². The summed E-state index contributed by atoms with van der Waals surface area (Å²) in [5, 5.41) is 3.57. The normalized spacial score (nSPS) is 25.4. The molecule has 2 unspecified atom stereocenters. The lowest BCUT2D eigenvalue weighted by Crippen LogP contribution is -2.49. The first-order chi connectivity index (χ1) is 7.27. The van der Waals surface area contributed by atoms with E-state index in [2.05, 4.69) is 31.0 Å². The number of hydrogen-bond donors (Lipinski definition) is 1. The van der Waals surface area contributed by atoms with Crippen molar-refractivity contribution >= 4 is 0 Å². The molecule has 0 saturated carbocycles. The maximum absolute atomic E-state index is 5.45. The molecule has 1 N–H and O–H groups in total. The SMILES string of the molecule is CCCC(CN1CCOCC1C)NCC. The van der Waals surface area contributed by atoms with Crippen LogP contribution in [0.1, 0.15) is 33.6 Å². The molecule has 0 aliphatic carbocycles. The Bertz CT molecular complexity index is 158. The number of ether oxygens (including phenoxy) is 1. The molecule has 15 heavy (non-hydrogen) atoms. The Morgan fingerprint density at radius 1 is 1.47 bits per heavy atom. The number of likely N-dealkylation sites (N-methyl/N-ethyl adjacent to an activating group) is 1. The number of hydrogen-bond acceptors (Lipinski definition) is 3. The van der Waals surface area contributed by atoms with Crippen LogP contribution in [0.5, 0.6) is 0 Å². The van der Waals surface area contributed by atoms with Crippen molar-refractivity contribution in [2.75, 3.05) is 32.8 Å². The summed E-state index contributed by atoms with van der Waals surface area (Å²) in [6, 6.07) is 1.23. The molecule has 0 aromatic carbocycles. The van der Waals surface area contributed by atoms with Gasteiger partial charge in [0.1, 0.15) is 0 Å². The molecule has 3 heteroatoms. The Morgan fingerprint density at radius 2 is 2.27 bits per heavy atom. The summed E-state index contributed by atoms with van der Waals surface area (Å²) in [5.41, 5.74) is 0. The van der Waals surface area contributed by atoms with Gasteiger partial charge in [0.25, 0.3) is 0 Å². The predicted octanol–water partition coefficient (Wildman–Crippen LogP) is 1.49. The van der Waals surface area contributed by atoms with Crippen molar-refractivity contribution in [3.8, 4) is 0 Å². The fourth-order valence-electron chi connectivity index (χ4n) is 2.21. The highest BCUT2D eigenvalue weighted by Gasteiger charge is 2.21. The van der Waals surface area contributed by atoms with E-state index < -0.39 is 0 Å². The quantitative estimate of drug-likeness (QED) is 0.725. The molecule has 0 spiro atoms. The lowest BCUT2D eigenvalue weighted by atomic mass is 10.1. The highest BCUT2D eigenvalue weighted by Crippen LogP contribution is 2.08. The van der Waals surface area contributed by atoms with E-state index in [1.165, 1.54) is 19.4 Å². The van der Waals surface area contributed by atoms with Crippen molar-refractivity contribution in [1.29, 1.82) is 0 Å². The minimum Gasteiger partial charge on any atom is -0.379 e. The highest BCUT2D eigenvalue weighted by atomic mass is 16.5. The van der Waals surface area contributed by atoms with Crippen LogP contribution >= 0.6 is 0 Å². The van der Waals surface area contributed by atoms with Gasteiger partial charge in [0.15, 0.2) is 0 Å². The fourth-order valence-corrected chi connectivity index (χ4v) is 2.21. The van der Waals surface area contributed by atoms with E-state index in [0.29, 0.717) is 12.1 Å². The van der Waals surface area contributed by atoms with Crippen LogP contribution in [0.25, 0.3) is 0 Å². The van der Waals surface area contributed by atoms with Crippen molar-refractivity contribution in [2.45, 2.75) is 45.7 Å². The van der Waals surface area contributed by atoms with Crippen LogP contribution < -0.4 is 5.32 Å². The van der Waals surface area contributed by atoms with Crippen LogP contribution in [0.2, 0.25) is 0 Å². The summed E-state index contributed by atoms with van der Waals surface area (Å²) < 4.78 is 5.45. The zero-order chi connectivity index (χ0) is 11.1. The van der Waals surface area contributed by atoms with E-state index in [9.17, 15) is 0 Å². The van der Waals surface area contributed by atoms with Gasteiger partial charge in [0, 0.05) is 25.2 Å². The van der Waals surface area contributed by atoms with Crippen molar-refractivity contribution in [2.24, 2.45) is 0 Å². The summed E-state index contributed by atoms with van der Waals surface area (Å²) in [6.07, 6.45) is 2.54. The summed E-state index contributed by atoms with van der Waals surface area (Å²) in [5.74, 6) is 0. The zero-order valence-corrected chi connectivity index (χ0v) is 10.5. The molecule has 0 bridgehead atoms. The second kappa shape index (κ2) is 7.20. The lowest BCUT2D eigenvalue weighted by Gasteiger charge is -2.36. The number of morpholine rings is 1. The Hall–Kier alpha value is -0.120. The van der Waals surface area contributed by atoms with Gasteiger partial charge >= 0.3 is 0 Å². The molecule has 3 nitrogen and oxygen atoms in total. The van der Waals surface area contributed by atoms with E-state index in [0.717, 1.165) is 26.3 Å². The third-order valence-electron chi connectivity index (χ3n) is 3.09. The van der Waals surface area contributed by atoms with Crippen molar-refractivity contribution in [3.63, 3.8) is 0 Å². The zero-order valence-electron chi connectivity index (χ0n) is 10.5. The molecule has 1 aliphatic rings. The molecular formula is C12H26N2O. The molecule has 1 saturated heterocycles. The van der Waals surface area contributed by atoms with Crippen molar-refractivity contribution in [3.05, 3.63) is 0 Å². The van der Waals surface area contributed by atoms with Crippen molar-refractivity contribution < 1.29 is 4.74 Å². The molecule has 1 heterocycles. The molecule has 0 aromatic heterocycles. The van der Waals surface area contributed by atoms with E-state index in [1.54, 1.807) is 0 Å². The smallest absolute Gasteiger partial charge is 0.0619 e. The van der Waals surface area contributed by atoms with Gasteiger partial charge in [-0.1, -0.05) is 20.3 Å². The average Bonchev–Trinajstić information content (AvgIpc) is 2.22. The Balaban J connectivity index is 2.33. The second-order valence-corrected chi connectivity index (χ2v) is 4.46. The molecule has 90 valence electrons. The number of rotatable bonds is 6. The predicted molar refractivity (Wildman–Crippen MR) is 64.2 cm³/mol. The Morgan fingerprint density at radius 3 is 2.87 bits per heavy atom. The molecule has 0 radical (unpaired) electrons. The van der Waals surface area contributed by atoms with Crippen LogP contribution in [0, 0.1) is 0 Å². The van der Waals surface area contributed by atoms with E-state index in [-0.39, 0.29) is 0 Å². The topological polar surface area (TPSA) is 24.5 Å². The second-order valence-electron chi connectivity index (χ2n) is 4.46. The first-order valence-corrected chi connectivity index (χ1v) is 6.33. The third-order valence-corrected chi connectivity index (χ3v) is 3.09. The monoisotopic (exact) mass is 214 g/mol. The standard InChI is InChI=1S/C12H26N2O/c1-4-6-12(13-5-2)9-14-7-8-15-10-11(14)3/h11-13H,4-10H2,1-3H3. The van der Waals surface area contributed by atoms with Crippen LogP contribution in [0.15, 0.2) is 0 Å². The van der Waals surface area contributed by atoms with Gasteiger partial charge in [0.05, 0.1) is 13.2 Å². The van der Waals surface area contributed by atoms with E-state index in [4.69, 9.17) is 4.74 Å². The van der Waals surface area contributed by atoms with Gasteiger partial charge in [-0.3, -0.25) is 4.90 Å². The number of nitrogens with one attached hydrogen (secondary N) is 1. The Labute approximate surface area is 94.2 Å². The van der Waals surface area contributed by atoms with Crippen molar-refractivity contribution in [1.82, 2.24) is 10.2 Å². The highest BCUT2D eigenvalue weighted by molar-refractivity contribution is 4.77. The first kappa shape index (κ1) is 12.9. The summed E-state index contributed by atoms with van der Waals surface area (Å²) >= 11 is 0. The maximum Gasteiger partial charge on any atom is 0.0619 e. The van der Waals surface area contributed by atoms with Crippen LogP contribution in [0.3, 0.4) is 0 Å². The van der Waals surface area contributed by atoms with Crippen LogP contribution in [-0.4, -0.2) is 49.8 Å². The largest absolute Gasteiger partial charge is 0.379 e. The van der Waals surface area contributed by atoms with E-state index in [1.807, 2.05) is 0 Å². The minimum absolute atomic E-state index is 0.580. The summed E-state index contributed by atoms with van der Waals surface area (Å²) in [4.78, 5) is 2.55. The Kier molecular flexibility index (Phi) is 6.22. The molecule has 1 rings (SSSR count). The lowest BCUT2D eigenvalue weighted by molar-refractivity contribution is -0.00467. The maximum atomic E-state index is 5.45. The van der Waals surface area contributed by atoms with Gasteiger partial charge < -0.3 is 10.1 Å². The van der Waals surface area contributed by atoms with E-state index >= 15 is 0 Å². The van der Waals surface area contributed by atoms with Gasteiger partial charge in [-0.05, 0) is 19.9 Å². The minimum atomic E-state index is 0.580. The van der Waals surface area contributed by atoms with Gasteiger partial charge in [0.2, 0.25) is 0 Å². The molecule has 0 amide bonds. The molecule has 0 aromatic rings. The molecular weight excluding hydrogens is 188 g/mol. The summed E-state index contributed by atoms with van der Waals surface area (Å²) in [7, 11) is 0. The number of nitrogens with zero attached hydrogens (tertiary/aromatic N) is 1. The molecule has 1 fully saturated rings. The summed E-state index contributed by atoms with van der Waals surface area (Å²) in [6.45, 7) is 11.8.